The van der Waals surface area contributed by atoms with Gasteiger partial charge in [0.15, 0.2) is 0 Å². The van der Waals surface area contributed by atoms with Crippen molar-refractivity contribution in [1.82, 2.24) is 0 Å². The molecule has 0 aliphatic heterocycles. The van der Waals surface area contributed by atoms with E-state index >= 15 is 0 Å². The van der Waals surface area contributed by atoms with Crippen LogP contribution in [0.15, 0.2) is 0 Å². The third-order valence-corrected chi connectivity index (χ3v) is 1.89. The molecule has 0 heterocycles. The van der Waals surface area contributed by atoms with Crippen LogP contribution in [-0.4, -0.2) is 11.2 Å². The molecule has 0 fully saturated rings. The van der Waals surface area contributed by atoms with Crippen molar-refractivity contribution >= 4 is 0 Å². The highest BCUT2D eigenvalue weighted by molar-refractivity contribution is 4.61. The van der Waals surface area contributed by atoms with Crippen LogP contribution in [0, 0.1) is 5.92 Å². The highest BCUT2D eigenvalue weighted by Crippen LogP contribution is 2.11. The van der Waals surface area contributed by atoms with E-state index in [1.165, 1.54) is 0 Å². The molecule has 0 saturated carbocycles. The molecule has 0 saturated heterocycles. The van der Waals surface area contributed by atoms with Gasteiger partial charge in [0.25, 0.3) is 0 Å². The number of aliphatic hydroxyl groups excluding tert-OH is 1. The van der Waals surface area contributed by atoms with E-state index in [1.54, 1.807) is 0 Å². The van der Waals surface area contributed by atoms with Gasteiger partial charge in [0.1, 0.15) is 0 Å². The quantitative estimate of drug-likeness (QED) is 0.703. The van der Waals surface area contributed by atoms with Crippen LogP contribution < -0.4 is 0 Å². The van der Waals surface area contributed by atoms with E-state index < -0.39 is 0 Å². The molecule has 1 heteroatoms. The van der Waals surface area contributed by atoms with Gasteiger partial charge in [0.2, 0.25) is 0 Å². The number of hydrogen-bond acceptors (Lipinski definition) is 1. The Kier molecular flexibility index (Phi) is 25.7. The fourth-order valence-corrected chi connectivity index (χ4v) is 0.852. The molecule has 2 atom stereocenters. The van der Waals surface area contributed by atoms with Gasteiger partial charge in [0.05, 0.1) is 6.10 Å². The molecule has 0 aromatic heterocycles. The highest BCUT2D eigenvalue weighted by atomic mass is 16.3. The molecule has 84 valence electrons. The lowest BCUT2D eigenvalue weighted by atomic mass is 9.98. The van der Waals surface area contributed by atoms with Gasteiger partial charge in [-0.05, 0) is 12.3 Å². The molecule has 0 aromatic rings. The van der Waals surface area contributed by atoms with Gasteiger partial charge in [0, 0.05) is 0 Å². The first-order valence-corrected chi connectivity index (χ1v) is 5.90. The van der Waals surface area contributed by atoms with Crippen molar-refractivity contribution in [3.05, 3.63) is 0 Å². The lowest BCUT2D eigenvalue weighted by molar-refractivity contribution is 0.105. The topological polar surface area (TPSA) is 20.2 Å². The molecule has 1 nitrogen and oxygen atoms in total. The third kappa shape index (κ3) is 14.8. The summed E-state index contributed by atoms with van der Waals surface area (Å²) in [6.45, 7) is 14.3. The Morgan fingerprint density at radius 1 is 1.00 bits per heavy atom. The van der Waals surface area contributed by atoms with Crippen molar-refractivity contribution in [2.75, 3.05) is 0 Å². The van der Waals surface area contributed by atoms with Gasteiger partial charge in [-0.3, -0.25) is 0 Å². The summed E-state index contributed by atoms with van der Waals surface area (Å²) in [5, 5.41) is 9.32. The maximum absolute atomic E-state index is 9.32. The van der Waals surface area contributed by atoms with E-state index in [2.05, 4.69) is 20.8 Å². The lowest BCUT2D eigenvalue weighted by Gasteiger charge is -2.15. The van der Waals surface area contributed by atoms with Gasteiger partial charge in [-0.15, -0.1) is 0 Å². The van der Waals surface area contributed by atoms with Crippen LogP contribution >= 0.6 is 0 Å². The molecule has 0 radical (unpaired) electrons. The minimum atomic E-state index is -0.0694. The van der Waals surface area contributed by atoms with Crippen molar-refractivity contribution in [3.8, 4) is 0 Å². The van der Waals surface area contributed by atoms with Crippen LogP contribution in [0.1, 0.15) is 67.7 Å². The highest BCUT2D eigenvalue weighted by Gasteiger charge is 2.09. The number of aliphatic hydroxyl groups is 1. The summed E-state index contributed by atoms with van der Waals surface area (Å²) in [5.41, 5.74) is 0. The Bertz CT molecular complexity index is 62.1. The van der Waals surface area contributed by atoms with E-state index in [0.717, 1.165) is 19.3 Å². The van der Waals surface area contributed by atoms with Crippen LogP contribution in [-0.2, 0) is 0 Å². The van der Waals surface area contributed by atoms with Crippen molar-refractivity contribution in [3.63, 3.8) is 0 Å². The van der Waals surface area contributed by atoms with Crippen LogP contribution in [0.5, 0.6) is 0 Å². The second-order valence-electron chi connectivity index (χ2n) is 2.74. The van der Waals surface area contributed by atoms with Gasteiger partial charge in [-0.1, -0.05) is 61.3 Å². The largest absolute Gasteiger partial charge is 0.393 e. The second-order valence-corrected chi connectivity index (χ2v) is 2.74. The summed E-state index contributed by atoms with van der Waals surface area (Å²) in [4.78, 5) is 0. The maximum atomic E-state index is 9.32. The summed E-state index contributed by atoms with van der Waals surface area (Å²) < 4.78 is 0. The van der Waals surface area contributed by atoms with E-state index in [1.807, 2.05) is 27.7 Å². The Hall–Kier alpha value is -0.0400. The zero-order valence-electron chi connectivity index (χ0n) is 10.7. The molecule has 0 spiro atoms. The predicted molar refractivity (Wildman–Crippen MR) is 63.1 cm³/mol. The Morgan fingerprint density at radius 3 is 1.62 bits per heavy atom. The zero-order valence-corrected chi connectivity index (χ0v) is 10.7. The second kappa shape index (κ2) is 17.9. The van der Waals surface area contributed by atoms with E-state index in [-0.39, 0.29) is 6.10 Å². The van der Waals surface area contributed by atoms with E-state index in [0.29, 0.717) is 5.92 Å². The van der Waals surface area contributed by atoms with Gasteiger partial charge in [-0.25, -0.2) is 0 Å². The van der Waals surface area contributed by atoms with Crippen molar-refractivity contribution in [2.45, 2.75) is 73.8 Å². The molecule has 0 bridgehead atoms. The molecule has 13 heavy (non-hydrogen) atoms. The van der Waals surface area contributed by atoms with Crippen LogP contribution in [0.3, 0.4) is 0 Å². The van der Waals surface area contributed by atoms with Crippen molar-refractivity contribution in [2.24, 2.45) is 5.92 Å². The summed E-state index contributed by atoms with van der Waals surface area (Å²) in [6, 6.07) is 0. The average Bonchev–Trinajstić information content (AvgIpc) is 2.23. The molecular weight excluding hydrogens is 160 g/mol. The normalized spacial score (nSPS) is 12.9. The maximum Gasteiger partial charge on any atom is 0.0565 e. The van der Waals surface area contributed by atoms with Crippen molar-refractivity contribution < 1.29 is 5.11 Å². The Balaban J connectivity index is -0.000000218. The molecule has 1 N–H and O–H groups in total. The lowest BCUT2D eigenvalue weighted by Crippen LogP contribution is -2.15. The third-order valence-electron chi connectivity index (χ3n) is 1.89. The number of rotatable bonds is 4. The fourth-order valence-electron chi connectivity index (χ4n) is 0.852. The van der Waals surface area contributed by atoms with Crippen LogP contribution in [0.2, 0.25) is 0 Å². The molecule has 0 rings (SSSR count). The van der Waals surface area contributed by atoms with Gasteiger partial charge >= 0.3 is 0 Å². The van der Waals surface area contributed by atoms with E-state index in [4.69, 9.17) is 0 Å². The SMILES string of the molecule is CC.CC.CCCC(O)C(C)CC. The molecule has 2 unspecified atom stereocenters. The monoisotopic (exact) mass is 190 g/mol. The molecular formula is C12H30O. The molecule has 0 aromatic carbocycles. The first-order chi connectivity index (χ1) is 6.22. The summed E-state index contributed by atoms with van der Waals surface area (Å²) in [5.74, 6) is 0.477. The smallest absolute Gasteiger partial charge is 0.0565 e. The van der Waals surface area contributed by atoms with Crippen LogP contribution in [0.4, 0.5) is 0 Å². The van der Waals surface area contributed by atoms with Crippen molar-refractivity contribution in [1.29, 1.82) is 0 Å². The Morgan fingerprint density at radius 2 is 1.38 bits per heavy atom. The zero-order chi connectivity index (χ0) is 11.3. The van der Waals surface area contributed by atoms with Gasteiger partial charge in [-0.2, -0.15) is 0 Å². The average molecular weight is 190 g/mol. The van der Waals surface area contributed by atoms with E-state index in [9.17, 15) is 5.11 Å². The minimum absolute atomic E-state index is 0.0694. The first-order valence-electron chi connectivity index (χ1n) is 5.90. The predicted octanol–water partition coefficient (Wildman–Crippen LogP) is 4.25. The first kappa shape index (κ1) is 18.7. The van der Waals surface area contributed by atoms with Gasteiger partial charge < -0.3 is 5.11 Å². The van der Waals surface area contributed by atoms with Crippen LogP contribution in [0.25, 0.3) is 0 Å². The molecule has 0 aliphatic carbocycles. The number of hydrogen-bond donors (Lipinski definition) is 1. The molecule has 0 amide bonds. The summed E-state index contributed by atoms with van der Waals surface area (Å²) in [6.07, 6.45) is 3.06. The fraction of sp³-hybridized carbons (Fsp3) is 1.00. The summed E-state index contributed by atoms with van der Waals surface area (Å²) in [7, 11) is 0. The Labute approximate surface area is 85.6 Å². The standard InChI is InChI=1S/C8H18O.2C2H6/c1-4-6-8(9)7(3)5-2;2*1-2/h7-9H,4-6H2,1-3H3;2*1-2H3. The summed E-state index contributed by atoms with van der Waals surface area (Å²) >= 11 is 0. The molecule has 0 aliphatic rings. The minimum Gasteiger partial charge on any atom is -0.393 e.